The van der Waals surface area contributed by atoms with Crippen LogP contribution in [0.4, 0.5) is 22.7 Å². The summed E-state index contributed by atoms with van der Waals surface area (Å²) in [5.41, 5.74) is 5.85. The Kier molecular flexibility index (Phi) is 8.82. The molecule has 12 heteroatoms. The minimum atomic E-state index is 0. The zero-order valence-electron chi connectivity index (χ0n) is 25.8. The van der Waals surface area contributed by atoms with Gasteiger partial charge in [-0.3, -0.25) is 0 Å². The summed E-state index contributed by atoms with van der Waals surface area (Å²) in [7, 11) is 7.90. The van der Waals surface area contributed by atoms with Crippen molar-refractivity contribution >= 4 is 44.6 Å². The third kappa shape index (κ3) is 5.66. The van der Waals surface area contributed by atoms with E-state index < -0.39 is 0 Å². The molecule has 3 aromatic carbocycles. The molecule has 0 unspecified atom stereocenters. The van der Waals surface area contributed by atoms with Crippen molar-refractivity contribution in [2.24, 2.45) is 0 Å². The number of benzene rings is 3. The van der Waals surface area contributed by atoms with Gasteiger partial charge in [0.25, 0.3) is 0 Å². The molecule has 47 heavy (non-hydrogen) atoms. The van der Waals surface area contributed by atoms with E-state index in [9.17, 15) is 5.26 Å². The van der Waals surface area contributed by atoms with Crippen molar-refractivity contribution in [1.82, 2.24) is 24.2 Å². The normalized spacial score (nSPS) is 16.8. The molecule has 1 aromatic heterocycles. The van der Waals surface area contributed by atoms with Crippen molar-refractivity contribution in [3.63, 3.8) is 0 Å². The first-order valence-corrected chi connectivity index (χ1v) is 14.4. The zero-order valence-corrected chi connectivity index (χ0v) is 30.4. The Hall–Kier alpha value is -4.31. The van der Waals surface area contributed by atoms with Crippen LogP contribution in [0.25, 0.3) is 27.5 Å². The van der Waals surface area contributed by atoms with Crippen LogP contribution in [0.3, 0.4) is 0 Å². The molecule has 4 aliphatic rings. The summed E-state index contributed by atoms with van der Waals surface area (Å²) < 4.78 is 2.10. The number of fused-ring (bicyclic) bond motifs is 3. The predicted molar refractivity (Wildman–Crippen MR) is 176 cm³/mol. The molecule has 0 saturated carbocycles. The van der Waals surface area contributed by atoms with Gasteiger partial charge in [-0.15, -0.1) is 29.1 Å². The van der Waals surface area contributed by atoms with E-state index in [1.165, 1.54) is 0 Å². The molecular formula is C35H28N10Pt2. The number of aromatic nitrogens is 1. The van der Waals surface area contributed by atoms with Crippen molar-refractivity contribution in [2.45, 2.75) is 0 Å². The number of nitrogens with zero attached hydrogens (tertiary/aromatic N) is 10. The minimum absolute atomic E-state index is 0. The summed E-state index contributed by atoms with van der Waals surface area (Å²) in [4.78, 5) is 15.8. The van der Waals surface area contributed by atoms with Crippen LogP contribution in [0.2, 0.25) is 0 Å². The van der Waals surface area contributed by atoms with Gasteiger partial charge in [0.05, 0.1) is 0 Å². The monoisotopic (exact) mass is 978 g/mol. The van der Waals surface area contributed by atoms with E-state index in [4.69, 9.17) is 0 Å². The Morgan fingerprint density at radius 1 is 0.532 bits per heavy atom. The molecule has 5 heterocycles. The van der Waals surface area contributed by atoms with Crippen LogP contribution in [-0.4, -0.2) is 52.4 Å². The van der Waals surface area contributed by atoms with Gasteiger partial charge in [-0.2, -0.15) is 61.7 Å². The third-order valence-electron chi connectivity index (χ3n) is 7.99. The fourth-order valence-corrected chi connectivity index (χ4v) is 5.82. The van der Waals surface area contributed by atoms with Crippen LogP contribution in [-0.2, 0) is 42.1 Å². The van der Waals surface area contributed by atoms with Crippen LogP contribution in [0.5, 0.6) is 0 Å². The van der Waals surface area contributed by atoms with Crippen LogP contribution >= 0.6 is 0 Å². The molecular weight excluding hydrogens is 951 g/mol. The molecule has 0 fully saturated rings. The third-order valence-corrected chi connectivity index (χ3v) is 7.99. The Morgan fingerprint density at radius 3 is 1.26 bits per heavy atom. The molecule has 8 rings (SSSR count). The summed E-state index contributed by atoms with van der Waals surface area (Å²) in [5, 5.41) is 12.5. The van der Waals surface area contributed by atoms with Crippen molar-refractivity contribution in [3.8, 4) is 11.8 Å². The Bertz CT molecular complexity index is 1880. The molecule has 0 atom stereocenters. The van der Waals surface area contributed by atoms with Gasteiger partial charge in [0.15, 0.2) is 0 Å². The topological polar surface area (TPSA) is 54.6 Å². The van der Waals surface area contributed by atoms with Crippen LogP contribution in [0.1, 0.15) is 5.56 Å². The minimum Gasteiger partial charge on any atom is -0.519 e. The number of rotatable bonds is 5. The van der Waals surface area contributed by atoms with Gasteiger partial charge in [0.1, 0.15) is 0 Å². The first-order chi connectivity index (χ1) is 21.9. The van der Waals surface area contributed by atoms with Crippen molar-refractivity contribution in [3.05, 3.63) is 130 Å². The van der Waals surface area contributed by atoms with Crippen LogP contribution in [0, 0.1) is 62.3 Å². The zero-order chi connectivity index (χ0) is 30.8. The summed E-state index contributed by atoms with van der Waals surface area (Å²) >= 11 is 0. The maximum Gasteiger partial charge on any atom is 4.00 e. The van der Waals surface area contributed by atoms with Gasteiger partial charge in [0.2, 0.25) is 0 Å². The molecule has 0 saturated heterocycles. The van der Waals surface area contributed by atoms with Gasteiger partial charge in [-0.1, -0.05) is 11.0 Å². The Labute approximate surface area is 304 Å². The molecule has 0 bridgehead atoms. The SMILES string of the molecule is CN1C=CN(c2[c-]c3c(cc2)c2ccc(N4C=CN(C)[CH-]4)[c-]c2n3-c2[c-]c(N3C=CN(C)[CH-]3)c(C#N)c(N3C=CN(C)[CH-]3)[c-]2)[CH-]1.[Pt+4].[Pt+4]. The first kappa shape index (κ1) is 32.6. The summed E-state index contributed by atoms with van der Waals surface area (Å²) in [6.45, 7) is 7.87. The van der Waals surface area contributed by atoms with E-state index in [2.05, 4.69) is 59.2 Å². The van der Waals surface area contributed by atoms with E-state index in [0.717, 1.165) is 33.2 Å². The fourth-order valence-electron chi connectivity index (χ4n) is 5.82. The molecule has 4 aromatic rings. The molecule has 0 radical (unpaired) electrons. The van der Waals surface area contributed by atoms with E-state index in [-0.39, 0.29) is 42.1 Å². The van der Waals surface area contributed by atoms with Crippen molar-refractivity contribution < 1.29 is 42.1 Å². The van der Waals surface area contributed by atoms with Gasteiger partial charge < -0.3 is 55.9 Å². The largest absolute Gasteiger partial charge is 4.00 e. The number of hydrogen-bond acceptors (Lipinski definition) is 9. The van der Waals surface area contributed by atoms with Gasteiger partial charge in [-0.25, -0.2) is 22.3 Å². The molecule has 0 spiro atoms. The van der Waals surface area contributed by atoms with Gasteiger partial charge in [0, 0.05) is 0 Å². The van der Waals surface area contributed by atoms with E-state index in [0.29, 0.717) is 22.6 Å². The fraction of sp³-hybridized carbons (Fsp3) is 0.114. The average Bonchev–Trinajstić information content (AvgIpc) is 3.88. The van der Waals surface area contributed by atoms with Gasteiger partial charge >= 0.3 is 42.1 Å². The Balaban J connectivity index is 0.00000193. The second kappa shape index (κ2) is 12.7. The number of hydrogen-bond donors (Lipinski definition) is 0. The smallest absolute Gasteiger partial charge is 0.519 e. The van der Waals surface area contributed by atoms with Crippen molar-refractivity contribution in [1.29, 1.82) is 5.26 Å². The predicted octanol–water partition coefficient (Wildman–Crippen LogP) is 5.22. The average molecular weight is 979 g/mol. The molecule has 0 N–H and O–H groups in total. The molecule has 0 aliphatic carbocycles. The first-order valence-electron chi connectivity index (χ1n) is 14.4. The maximum absolute atomic E-state index is 10.5. The quantitative estimate of drug-likeness (QED) is 0.251. The Morgan fingerprint density at radius 2 is 0.915 bits per heavy atom. The molecule has 0 amide bonds. The second-order valence-corrected chi connectivity index (χ2v) is 11.3. The van der Waals surface area contributed by atoms with Crippen LogP contribution in [0.15, 0.2) is 73.9 Å². The number of anilines is 4. The second-order valence-electron chi connectivity index (χ2n) is 11.3. The van der Waals surface area contributed by atoms with Crippen LogP contribution < -0.4 is 19.6 Å². The van der Waals surface area contributed by atoms with E-state index in [1.807, 2.05) is 144 Å². The molecule has 238 valence electrons. The van der Waals surface area contributed by atoms with Crippen molar-refractivity contribution in [2.75, 3.05) is 47.8 Å². The molecule has 10 nitrogen and oxygen atoms in total. The van der Waals surface area contributed by atoms with E-state index in [1.54, 1.807) is 0 Å². The van der Waals surface area contributed by atoms with E-state index >= 15 is 0 Å². The molecule has 4 aliphatic heterocycles. The summed E-state index contributed by atoms with van der Waals surface area (Å²) in [5.74, 6) is 0. The van der Waals surface area contributed by atoms with Gasteiger partial charge in [-0.05, 0) is 83.9 Å². The summed E-state index contributed by atoms with van der Waals surface area (Å²) in [6.07, 6.45) is 15.7. The number of nitriles is 1. The standard InChI is InChI=1S/C35H28N10.2Pt/c1-37-9-13-41(22-37)26-5-7-29-30-8-6-27(42-14-10-38(2)23-42)18-35(30)45(34(29)17-26)28-19-32(43-15-11-39(3)24-43)31(21-36)33(20-28)44-16-12-40(4)25-44;;/h5-16,22-25H,1-4H3;;/q-8;2*+4. The summed E-state index contributed by atoms with van der Waals surface area (Å²) in [6, 6.07) is 25.4. The maximum atomic E-state index is 10.5.